The summed E-state index contributed by atoms with van der Waals surface area (Å²) in [6.07, 6.45) is 1.47. The Morgan fingerprint density at radius 2 is 1.79 bits per heavy atom. The number of pyridine rings is 1. The first-order chi connectivity index (χ1) is 5.77. The minimum atomic E-state index is -0.786. The summed E-state index contributed by atoms with van der Waals surface area (Å²) in [4.78, 5) is 10.4. The summed E-state index contributed by atoms with van der Waals surface area (Å²) in [6.45, 7) is 0. The van der Waals surface area contributed by atoms with Gasteiger partial charge in [0.1, 0.15) is 0 Å². The van der Waals surface area contributed by atoms with Gasteiger partial charge >= 0.3 is 59.1 Å². The van der Waals surface area contributed by atoms with Gasteiger partial charge in [-0.2, -0.15) is 0 Å². The van der Waals surface area contributed by atoms with Crippen LogP contribution in [0.3, 0.4) is 0 Å². The molecule has 0 bridgehead atoms. The quantitative estimate of drug-likeness (QED) is 0.401. The van der Waals surface area contributed by atoms with Crippen LogP contribution in [0.5, 0.6) is 11.9 Å². The average Bonchev–Trinajstić information content (AvgIpc) is 2.04. The Hall–Kier alpha value is 0.0900. The van der Waals surface area contributed by atoms with Crippen LogP contribution in [0.2, 0.25) is 0 Å². The van der Waals surface area contributed by atoms with Crippen molar-refractivity contribution < 1.29 is 69.3 Å². The van der Waals surface area contributed by atoms with Crippen molar-refractivity contribution in [3.8, 4) is 11.9 Å². The average molecular weight is 207 g/mol. The van der Waals surface area contributed by atoms with Crippen molar-refractivity contribution in [2.24, 2.45) is 0 Å². The number of hydrogen-bond donors (Lipinski definition) is 0. The Morgan fingerprint density at radius 1 is 1.07 bits per heavy atom. The maximum Gasteiger partial charge on any atom is 1.00 e. The largest absolute Gasteiger partial charge is 1.00 e. The molecular formula is C7H3N3Na2O2. The van der Waals surface area contributed by atoms with Crippen molar-refractivity contribution in [2.45, 2.75) is 0 Å². The van der Waals surface area contributed by atoms with Gasteiger partial charge in [0.15, 0.2) is 5.65 Å². The van der Waals surface area contributed by atoms with E-state index in [1.807, 2.05) is 0 Å². The second kappa shape index (κ2) is 5.85. The van der Waals surface area contributed by atoms with Crippen LogP contribution in [0, 0.1) is 0 Å². The fourth-order valence-corrected chi connectivity index (χ4v) is 0.916. The normalized spacial score (nSPS) is 8.86. The van der Waals surface area contributed by atoms with Crippen molar-refractivity contribution in [1.29, 1.82) is 0 Å². The molecule has 0 aromatic carbocycles. The van der Waals surface area contributed by atoms with E-state index in [9.17, 15) is 10.2 Å². The molecule has 2 heterocycles. The molecule has 0 amide bonds. The number of fused-ring (bicyclic) bond motifs is 1. The summed E-state index contributed by atoms with van der Waals surface area (Å²) < 4.78 is 0. The number of rotatable bonds is 0. The van der Waals surface area contributed by atoms with Crippen molar-refractivity contribution in [2.75, 3.05) is 0 Å². The van der Waals surface area contributed by atoms with Crippen LogP contribution < -0.4 is 69.3 Å². The van der Waals surface area contributed by atoms with E-state index in [1.54, 1.807) is 6.07 Å². The van der Waals surface area contributed by atoms with Gasteiger partial charge < -0.3 is 10.2 Å². The molecule has 7 heteroatoms. The van der Waals surface area contributed by atoms with Gasteiger partial charge in [-0.05, 0) is 18.0 Å². The molecule has 0 saturated heterocycles. The molecule has 2 rings (SSSR count). The molecule has 0 radical (unpaired) electrons. The predicted molar refractivity (Wildman–Crippen MR) is 36.2 cm³/mol. The van der Waals surface area contributed by atoms with E-state index in [-0.39, 0.29) is 70.1 Å². The van der Waals surface area contributed by atoms with Crippen LogP contribution in [-0.4, -0.2) is 15.0 Å². The molecule has 0 atom stereocenters. The second-order valence-electron chi connectivity index (χ2n) is 2.19. The number of aromatic nitrogens is 3. The molecule has 14 heavy (non-hydrogen) atoms. The third kappa shape index (κ3) is 2.79. The molecule has 0 fully saturated rings. The molecule has 0 aliphatic heterocycles. The zero-order valence-corrected chi connectivity index (χ0v) is 11.9. The molecule has 60 valence electrons. The van der Waals surface area contributed by atoms with Gasteiger partial charge in [0, 0.05) is 11.6 Å². The number of hydrogen-bond acceptors (Lipinski definition) is 5. The third-order valence-electron chi connectivity index (χ3n) is 1.42. The van der Waals surface area contributed by atoms with Gasteiger partial charge in [-0.15, -0.1) is 0 Å². The summed E-state index contributed by atoms with van der Waals surface area (Å²) in [5.41, 5.74) is 0.155. The second-order valence-corrected chi connectivity index (χ2v) is 2.19. The van der Waals surface area contributed by atoms with Gasteiger partial charge in [-0.1, -0.05) is 0 Å². The van der Waals surface area contributed by atoms with Crippen molar-refractivity contribution >= 4 is 11.0 Å². The zero-order chi connectivity index (χ0) is 8.55. The summed E-state index contributed by atoms with van der Waals surface area (Å²) >= 11 is 0. The van der Waals surface area contributed by atoms with Crippen LogP contribution in [0.4, 0.5) is 0 Å². The van der Waals surface area contributed by atoms with Crippen molar-refractivity contribution in [3.63, 3.8) is 0 Å². The Labute approximate surface area is 124 Å². The molecule has 0 N–H and O–H groups in total. The molecular weight excluding hydrogens is 204 g/mol. The van der Waals surface area contributed by atoms with Gasteiger partial charge in [0.05, 0.1) is 6.01 Å². The Balaban J connectivity index is 0.000000845. The summed E-state index contributed by atoms with van der Waals surface area (Å²) in [7, 11) is 0. The van der Waals surface area contributed by atoms with E-state index in [0.29, 0.717) is 0 Å². The van der Waals surface area contributed by atoms with Crippen molar-refractivity contribution in [1.82, 2.24) is 15.0 Å². The first-order valence-electron chi connectivity index (χ1n) is 3.24. The molecule has 0 saturated carbocycles. The topological polar surface area (TPSA) is 84.8 Å². The smallest absolute Gasteiger partial charge is 0.858 e. The van der Waals surface area contributed by atoms with Gasteiger partial charge in [-0.3, -0.25) is 4.98 Å². The maximum absolute atomic E-state index is 11.0. The standard InChI is InChI=1S/C7H5N3O2.2Na/c11-6-4-2-1-3-8-5(4)9-7(12)10-6;;/h1-3H,(H2,8,9,10,11,12);;/q;2*+1/p-2. The summed E-state index contributed by atoms with van der Waals surface area (Å²) in [6, 6.07) is 2.34. The predicted octanol–water partition coefficient (Wildman–Crippen LogP) is -6.82. The third-order valence-corrected chi connectivity index (χ3v) is 1.42. The molecule has 2 aromatic rings. The Morgan fingerprint density at radius 3 is 2.50 bits per heavy atom. The molecule has 0 spiro atoms. The van der Waals surface area contributed by atoms with Crippen LogP contribution >= 0.6 is 0 Å². The SMILES string of the molecule is [Na+].[Na+].[O-]c1nc([O-])c2cccnc2n1. The van der Waals surface area contributed by atoms with Gasteiger partial charge in [-0.25, -0.2) is 9.97 Å². The number of nitrogens with zero attached hydrogens (tertiary/aromatic N) is 3. The fourth-order valence-electron chi connectivity index (χ4n) is 0.916. The molecule has 0 aliphatic rings. The van der Waals surface area contributed by atoms with E-state index in [2.05, 4.69) is 15.0 Å². The van der Waals surface area contributed by atoms with E-state index in [1.165, 1.54) is 12.3 Å². The van der Waals surface area contributed by atoms with Crippen LogP contribution in [0.1, 0.15) is 0 Å². The summed E-state index contributed by atoms with van der Waals surface area (Å²) in [5, 5.41) is 21.9. The van der Waals surface area contributed by atoms with Crippen LogP contribution in [-0.2, 0) is 0 Å². The molecule has 2 aromatic heterocycles. The van der Waals surface area contributed by atoms with E-state index in [4.69, 9.17) is 0 Å². The first kappa shape index (κ1) is 14.1. The monoisotopic (exact) mass is 207 g/mol. The molecule has 5 nitrogen and oxygen atoms in total. The van der Waals surface area contributed by atoms with Crippen LogP contribution in [0.25, 0.3) is 11.0 Å². The molecule has 0 unspecified atom stereocenters. The van der Waals surface area contributed by atoms with E-state index >= 15 is 0 Å². The van der Waals surface area contributed by atoms with E-state index in [0.717, 1.165) is 0 Å². The van der Waals surface area contributed by atoms with Crippen molar-refractivity contribution in [3.05, 3.63) is 18.3 Å². The first-order valence-corrected chi connectivity index (χ1v) is 3.24. The maximum atomic E-state index is 11.0. The van der Waals surface area contributed by atoms with Crippen LogP contribution in [0.15, 0.2) is 18.3 Å². The minimum Gasteiger partial charge on any atom is -0.858 e. The zero-order valence-electron chi connectivity index (χ0n) is 7.89. The summed E-state index contributed by atoms with van der Waals surface area (Å²) in [5.74, 6) is -0.571. The molecule has 0 aliphatic carbocycles. The Bertz CT molecular complexity index is 438. The van der Waals surface area contributed by atoms with E-state index < -0.39 is 11.9 Å². The minimum absolute atomic E-state index is 0. The van der Waals surface area contributed by atoms with Gasteiger partial charge in [0.2, 0.25) is 0 Å². The Kier molecular flexibility index (Phi) is 5.88. The van der Waals surface area contributed by atoms with Gasteiger partial charge in [0.25, 0.3) is 0 Å². The fraction of sp³-hybridized carbons (Fsp3) is 0.